The second-order valence-corrected chi connectivity index (χ2v) is 7.40. The van der Waals surface area contributed by atoms with E-state index in [9.17, 15) is 0 Å². The van der Waals surface area contributed by atoms with E-state index in [-0.39, 0.29) is 5.41 Å². The molecule has 1 unspecified atom stereocenters. The van der Waals surface area contributed by atoms with Crippen LogP contribution in [0.2, 0.25) is 5.02 Å². The van der Waals surface area contributed by atoms with Gasteiger partial charge in [0.2, 0.25) is 0 Å². The lowest BCUT2D eigenvalue weighted by Gasteiger charge is -2.35. The van der Waals surface area contributed by atoms with E-state index in [0.29, 0.717) is 11.8 Å². The summed E-state index contributed by atoms with van der Waals surface area (Å²) < 4.78 is 5.49. The molecule has 1 aromatic rings. The number of hydrogen-bond acceptors (Lipinski definition) is 2. The average molecular weight is 312 g/mol. The van der Waals surface area contributed by atoms with Crippen molar-refractivity contribution < 1.29 is 4.74 Å². The highest BCUT2D eigenvalue weighted by atomic mass is 35.5. The van der Waals surface area contributed by atoms with Crippen LogP contribution in [0.1, 0.15) is 40.2 Å². The van der Waals surface area contributed by atoms with Gasteiger partial charge in [-0.2, -0.15) is 0 Å². The third kappa shape index (κ3) is 5.52. The first-order valence-corrected chi connectivity index (χ1v) is 8.19. The van der Waals surface area contributed by atoms with Crippen LogP contribution in [-0.4, -0.2) is 20.2 Å². The van der Waals surface area contributed by atoms with Gasteiger partial charge in [0.1, 0.15) is 5.75 Å². The van der Waals surface area contributed by atoms with Gasteiger partial charge in [0, 0.05) is 11.6 Å². The second kappa shape index (κ2) is 8.05. The van der Waals surface area contributed by atoms with Gasteiger partial charge in [-0.25, -0.2) is 0 Å². The van der Waals surface area contributed by atoms with Crippen molar-refractivity contribution in [2.75, 3.05) is 20.2 Å². The second-order valence-electron chi connectivity index (χ2n) is 6.97. The van der Waals surface area contributed by atoms with E-state index in [1.165, 1.54) is 5.56 Å². The van der Waals surface area contributed by atoms with Crippen LogP contribution in [0.4, 0.5) is 0 Å². The molecular formula is C18H30ClNO. The van der Waals surface area contributed by atoms with E-state index in [1.807, 2.05) is 18.2 Å². The molecule has 0 aliphatic carbocycles. The number of benzene rings is 1. The van der Waals surface area contributed by atoms with Crippen molar-refractivity contribution >= 4 is 11.6 Å². The summed E-state index contributed by atoms with van der Waals surface area (Å²) >= 11 is 6.16. The minimum Gasteiger partial charge on any atom is -0.496 e. The highest BCUT2D eigenvalue weighted by Crippen LogP contribution is 2.35. The van der Waals surface area contributed by atoms with Crippen LogP contribution in [0.5, 0.6) is 5.75 Å². The monoisotopic (exact) mass is 311 g/mol. The van der Waals surface area contributed by atoms with Crippen LogP contribution < -0.4 is 10.1 Å². The normalized spacial score (nSPS) is 14.5. The number of nitrogens with one attached hydrogen (secondary N) is 1. The fraction of sp³-hybridized carbons (Fsp3) is 0.667. The molecule has 3 heteroatoms. The molecule has 0 radical (unpaired) electrons. The van der Waals surface area contributed by atoms with Crippen LogP contribution in [0.3, 0.4) is 0 Å². The molecule has 0 spiro atoms. The fourth-order valence-corrected chi connectivity index (χ4v) is 2.63. The molecule has 0 heterocycles. The van der Waals surface area contributed by atoms with Crippen molar-refractivity contribution in [3.63, 3.8) is 0 Å². The Kier molecular flexibility index (Phi) is 7.02. The van der Waals surface area contributed by atoms with Crippen LogP contribution in [0.15, 0.2) is 18.2 Å². The van der Waals surface area contributed by atoms with Gasteiger partial charge in [-0.3, -0.25) is 0 Å². The van der Waals surface area contributed by atoms with Crippen molar-refractivity contribution in [3.05, 3.63) is 28.8 Å². The van der Waals surface area contributed by atoms with Crippen LogP contribution >= 0.6 is 11.6 Å². The molecule has 0 aliphatic heterocycles. The Hall–Kier alpha value is -0.730. The molecule has 1 rings (SSSR count). The first-order chi connectivity index (χ1) is 9.78. The highest BCUT2D eigenvalue weighted by molar-refractivity contribution is 6.30. The van der Waals surface area contributed by atoms with Crippen molar-refractivity contribution in [2.45, 2.75) is 41.0 Å². The molecule has 2 nitrogen and oxygen atoms in total. The van der Waals surface area contributed by atoms with Gasteiger partial charge < -0.3 is 10.1 Å². The Morgan fingerprint density at radius 3 is 2.43 bits per heavy atom. The molecule has 0 bridgehead atoms. The summed E-state index contributed by atoms with van der Waals surface area (Å²) in [5, 5.41) is 4.38. The molecule has 0 saturated carbocycles. The first kappa shape index (κ1) is 18.3. The maximum Gasteiger partial charge on any atom is 0.122 e. The van der Waals surface area contributed by atoms with Crippen molar-refractivity contribution in [1.29, 1.82) is 0 Å². The highest BCUT2D eigenvalue weighted by Gasteiger charge is 2.29. The summed E-state index contributed by atoms with van der Waals surface area (Å²) in [6, 6.07) is 5.87. The van der Waals surface area contributed by atoms with E-state index >= 15 is 0 Å². The van der Waals surface area contributed by atoms with Crippen LogP contribution in [0, 0.1) is 17.3 Å². The molecule has 120 valence electrons. The molecule has 0 fully saturated rings. The van der Waals surface area contributed by atoms with Gasteiger partial charge in [-0.1, -0.05) is 46.2 Å². The Morgan fingerprint density at radius 2 is 1.90 bits per heavy atom. The zero-order valence-corrected chi connectivity index (χ0v) is 15.1. The summed E-state index contributed by atoms with van der Waals surface area (Å²) in [6.07, 6.45) is 0.958. The van der Waals surface area contributed by atoms with Crippen molar-refractivity contribution in [2.24, 2.45) is 17.3 Å². The largest absolute Gasteiger partial charge is 0.496 e. The van der Waals surface area contributed by atoms with E-state index < -0.39 is 0 Å². The van der Waals surface area contributed by atoms with Gasteiger partial charge in [0.05, 0.1) is 7.11 Å². The van der Waals surface area contributed by atoms with Crippen LogP contribution in [-0.2, 0) is 6.42 Å². The van der Waals surface area contributed by atoms with Crippen molar-refractivity contribution in [1.82, 2.24) is 5.32 Å². The summed E-state index contributed by atoms with van der Waals surface area (Å²) in [6.45, 7) is 13.4. The smallest absolute Gasteiger partial charge is 0.122 e. The molecular weight excluding hydrogens is 282 g/mol. The summed E-state index contributed by atoms with van der Waals surface area (Å²) in [4.78, 5) is 0. The average Bonchev–Trinajstić information content (AvgIpc) is 2.38. The Balaban J connectivity index is 2.89. The Bertz CT molecular complexity index is 445. The van der Waals surface area contributed by atoms with E-state index in [0.717, 1.165) is 30.3 Å². The summed E-state index contributed by atoms with van der Waals surface area (Å²) in [5.41, 5.74) is 1.36. The number of halogens is 1. The van der Waals surface area contributed by atoms with Gasteiger partial charge >= 0.3 is 0 Å². The van der Waals surface area contributed by atoms with Gasteiger partial charge in [0.15, 0.2) is 0 Å². The summed E-state index contributed by atoms with van der Waals surface area (Å²) in [5.74, 6) is 2.16. The van der Waals surface area contributed by atoms with Gasteiger partial charge in [-0.15, -0.1) is 0 Å². The molecule has 0 aliphatic rings. The van der Waals surface area contributed by atoms with Gasteiger partial charge in [0.25, 0.3) is 0 Å². The maximum absolute atomic E-state index is 6.16. The van der Waals surface area contributed by atoms with Crippen molar-refractivity contribution in [3.8, 4) is 5.75 Å². The number of methoxy groups -OCH3 is 1. The lowest BCUT2D eigenvalue weighted by atomic mass is 9.74. The topological polar surface area (TPSA) is 21.3 Å². The van der Waals surface area contributed by atoms with E-state index in [1.54, 1.807) is 7.11 Å². The lowest BCUT2D eigenvalue weighted by molar-refractivity contribution is 0.203. The van der Waals surface area contributed by atoms with E-state index in [2.05, 4.69) is 39.9 Å². The molecule has 0 aromatic heterocycles. The standard InChI is InChI=1S/C18H30ClNO/c1-13(2)11-20-12-18(5,14(3)4)10-15-9-16(19)7-8-17(15)21-6/h7-9,13-14,20H,10-12H2,1-6H3. The summed E-state index contributed by atoms with van der Waals surface area (Å²) in [7, 11) is 1.72. The molecule has 1 aromatic carbocycles. The number of rotatable bonds is 8. The number of ether oxygens (including phenoxy) is 1. The fourth-order valence-electron chi connectivity index (χ4n) is 2.44. The minimum absolute atomic E-state index is 0.173. The molecule has 0 saturated heterocycles. The molecule has 0 amide bonds. The first-order valence-electron chi connectivity index (χ1n) is 7.81. The SMILES string of the molecule is COc1ccc(Cl)cc1CC(C)(CNCC(C)C)C(C)C. The lowest BCUT2D eigenvalue weighted by Crippen LogP contribution is -2.39. The Morgan fingerprint density at radius 1 is 1.24 bits per heavy atom. The molecule has 21 heavy (non-hydrogen) atoms. The predicted molar refractivity (Wildman–Crippen MR) is 92.4 cm³/mol. The molecule has 1 atom stereocenters. The van der Waals surface area contributed by atoms with E-state index in [4.69, 9.17) is 16.3 Å². The minimum atomic E-state index is 0.173. The zero-order valence-electron chi connectivity index (χ0n) is 14.3. The van der Waals surface area contributed by atoms with Gasteiger partial charge in [-0.05, 0) is 54.0 Å². The third-order valence-corrected chi connectivity index (χ3v) is 4.55. The zero-order chi connectivity index (χ0) is 16.0. The maximum atomic E-state index is 6.16. The Labute approximate surface area is 135 Å². The quantitative estimate of drug-likeness (QED) is 0.744. The van der Waals surface area contributed by atoms with Crippen LogP contribution in [0.25, 0.3) is 0 Å². The predicted octanol–water partition coefficient (Wildman–Crippen LogP) is 4.80. The molecule has 1 N–H and O–H groups in total. The number of hydrogen-bond donors (Lipinski definition) is 1. The third-order valence-electron chi connectivity index (χ3n) is 4.31.